The summed E-state index contributed by atoms with van der Waals surface area (Å²) in [7, 11) is -3.05. The molecule has 1 aliphatic heterocycles. The van der Waals surface area contributed by atoms with Gasteiger partial charge < -0.3 is 9.47 Å². The lowest BCUT2D eigenvalue weighted by atomic mass is 10.1. The van der Waals surface area contributed by atoms with Crippen LogP contribution in [-0.4, -0.2) is 46.3 Å². The Balaban J connectivity index is 1.81. The van der Waals surface area contributed by atoms with Crippen molar-refractivity contribution in [3.8, 4) is 0 Å². The molecule has 7 heteroatoms. The van der Waals surface area contributed by atoms with Gasteiger partial charge in [-0.25, -0.2) is 13.4 Å². The molecule has 1 fully saturated rings. The fraction of sp³-hybridized carbons (Fsp3) is 0.412. The number of nitrogens with zero attached hydrogens (tertiary/aromatic N) is 3. The number of amides is 1. The molecule has 0 radical (unpaired) electrons. The molecule has 1 atom stereocenters. The molecule has 3 rings (SSSR count). The molecule has 128 valence electrons. The summed E-state index contributed by atoms with van der Waals surface area (Å²) >= 11 is 0. The van der Waals surface area contributed by atoms with Crippen molar-refractivity contribution in [2.75, 3.05) is 11.5 Å². The summed E-state index contributed by atoms with van der Waals surface area (Å²) in [5.74, 6) is 0.888. The third-order valence-electron chi connectivity index (χ3n) is 4.39. The molecule has 1 aromatic carbocycles. The summed E-state index contributed by atoms with van der Waals surface area (Å²) in [6.07, 6.45) is 3.92. The van der Waals surface area contributed by atoms with Gasteiger partial charge in [-0.1, -0.05) is 30.3 Å². The Morgan fingerprint density at radius 1 is 1.33 bits per heavy atom. The van der Waals surface area contributed by atoms with Gasteiger partial charge in [0.05, 0.1) is 11.5 Å². The van der Waals surface area contributed by atoms with Crippen molar-refractivity contribution in [1.82, 2.24) is 14.5 Å². The summed E-state index contributed by atoms with van der Waals surface area (Å²) in [4.78, 5) is 18.7. The lowest BCUT2D eigenvalue weighted by Crippen LogP contribution is -2.42. The second-order valence-corrected chi connectivity index (χ2v) is 8.40. The topological polar surface area (TPSA) is 72.3 Å². The Morgan fingerprint density at radius 2 is 2.08 bits per heavy atom. The molecule has 6 nitrogen and oxygen atoms in total. The summed E-state index contributed by atoms with van der Waals surface area (Å²) in [6, 6.07) is 9.40. The lowest BCUT2D eigenvalue weighted by molar-refractivity contribution is -0.134. The highest BCUT2D eigenvalue weighted by atomic mass is 32.2. The quantitative estimate of drug-likeness (QED) is 0.820. The summed E-state index contributed by atoms with van der Waals surface area (Å²) in [6.45, 7) is 2.44. The first kappa shape index (κ1) is 16.7. The van der Waals surface area contributed by atoms with Crippen molar-refractivity contribution in [3.63, 3.8) is 0 Å². The van der Waals surface area contributed by atoms with E-state index in [0.29, 0.717) is 13.0 Å². The number of sulfone groups is 1. The van der Waals surface area contributed by atoms with Gasteiger partial charge in [0.15, 0.2) is 9.84 Å². The van der Waals surface area contributed by atoms with E-state index in [2.05, 4.69) is 4.98 Å². The van der Waals surface area contributed by atoms with Crippen LogP contribution in [0.2, 0.25) is 0 Å². The maximum absolute atomic E-state index is 12.8. The third kappa shape index (κ3) is 3.84. The van der Waals surface area contributed by atoms with Crippen molar-refractivity contribution >= 4 is 15.7 Å². The van der Waals surface area contributed by atoms with Crippen LogP contribution in [0.1, 0.15) is 17.8 Å². The first-order valence-corrected chi connectivity index (χ1v) is 9.78. The van der Waals surface area contributed by atoms with Gasteiger partial charge in [0.1, 0.15) is 12.4 Å². The van der Waals surface area contributed by atoms with E-state index < -0.39 is 9.84 Å². The lowest BCUT2D eigenvalue weighted by Gasteiger charge is -2.29. The van der Waals surface area contributed by atoms with E-state index >= 15 is 0 Å². The number of rotatable bonds is 5. The zero-order valence-electron chi connectivity index (χ0n) is 13.6. The summed E-state index contributed by atoms with van der Waals surface area (Å²) in [5, 5.41) is 0. The zero-order chi connectivity index (χ0) is 17.2. The molecule has 0 spiro atoms. The number of aryl methyl sites for hydroxylation is 1. The minimum atomic E-state index is -3.05. The van der Waals surface area contributed by atoms with Gasteiger partial charge in [0, 0.05) is 25.0 Å². The predicted molar refractivity (Wildman–Crippen MR) is 91.0 cm³/mol. The largest absolute Gasteiger partial charge is 0.333 e. The van der Waals surface area contributed by atoms with Crippen molar-refractivity contribution in [2.24, 2.45) is 0 Å². The van der Waals surface area contributed by atoms with Crippen LogP contribution in [-0.2, 0) is 27.7 Å². The minimum absolute atomic E-state index is 0.0501. The Kier molecular flexibility index (Phi) is 4.71. The van der Waals surface area contributed by atoms with Crippen LogP contribution in [0, 0.1) is 6.92 Å². The van der Waals surface area contributed by atoms with Crippen LogP contribution >= 0.6 is 0 Å². The van der Waals surface area contributed by atoms with Gasteiger partial charge in [0.25, 0.3) is 0 Å². The predicted octanol–water partition coefficient (Wildman–Crippen LogP) is 1.41. The van der Waals surface area contributed by atoms with Crippen molar-refractivity contribution in [2.45, 2.75) is 32.5 Å². The molecule has 1 unspecified atom stereocenters. The fourth-order valence-electron chi connectivity index (χ4n) is 3.03. The van der Waals surface area contributed by atoms with Gasteiger partial charge >= 0.3 is 0 Å². The number of carbonyl (C=O) groups excluding carboxylic acids is 1. The highest BCUT2D eigenvalue weighted by Crippen LogP contribution is 2.21. The Hall–Kier alpha value is -2.15. The molecular formula is C17H21N3O3S. The van der Waals surface area contributed by atoms with Crippen molar-refractivity contribution in [3.05, 3.63) is 54.1 Å². The van der Waals surface area contributed by atoms with Gasteiger partial charge in [-0.05, 0) is 18.9 Å². The summed E-state index contributed by atoms with van der Waals surface area (Å²) < 4.78 is 25.5. The molecule has 24 heavy (non-hydrogen) atoms. The van der Waals surface area contributed by atoms with Crippen molar-refractivity contribution < 1.29 is 13.2 Å². The molecular weight excluding hydrogens is 326 g/mol. The normalized spacial score (nSPS) is 19.3. The molecule has 1 aliphatic rings. The number of carbonyl (C=O) groups is 1. The SMILES string of the molecule is Cc1nccn1CC(=O)N(Cc1ccccc1)C1CCS(=O)(=O)C1. The number of hydrogen-bond donors (Lipinski definition) is 0. The second kappa shape index (κ2) is 6.76. The highest BCUT2D eigenvalue weighted by molar-refractivity contribution is 7.91. The number of imidazole rings is 1. The van der Waals surface area contributed by atoms with Crippen LogP contribution in [0.5, 0.6) is 0 Å². The first-order valence-electron chi connectivity index (χ1n) is 7.96. The first-order chi connectivity index (χ1) is 11.4. The molecule has 0 saturated carbocycles. The molecule has 0 aliphatic carbocycles. The molecule has 1 amide bonds. The minimum Gasteiger partial charge on any atom is -0.333 e. The van der Waals surface area contributed by atoms with E-state index in [4.69, 9.17) is 0 Å². The van der Waals surface area contributed by atoms with E-state index in [0.717, 1.165) is 11.4 Å². The van der Waals surface area contributed by atoms with E-state index in [-0.39, 0.29) is 30.0 Å². The van der Waals surface area contributed by atoms with Gasteiger partial charge in [-0.3, -0.25) is 4.79 Å². The second-order valence-electron chi connectivity index (χ2n) is 6.17. The molecule has 2 aromatic rings. The average Bonchev–Trinajstić information content (AvgIpc) is 3.11. The number of hydrogen-bond acceptors (Lipinski definition) is 4. The van der Waals surface area contributed by atoms with Crippen molar-refractivity contribution in [1.29, 1.82) is 0 Å². The van der Waals surface area contributed by atoms with Crippen LogP contribution in [0.15, 0.2) is 42.7 Å². The highest BCUT2D eigenvalue weighted by Gasteiger charge is 2.34. The zero-order valence-corrected chi connectivity index (χ0v) is 14.4. The number of benzene rings is 1. The van der Waals surface area contributed by atoms with E-state index in [1.807, 2.05) is 37.3 Å². The number of aromatic nitrogens is 2. The van der Waals surface area contributed by atoms with E-state index in [9.17, 15) is 13.2 Å². The Morgan fingerprint density at radius 3 is 2.67 bits per heavy atom. The van der Waals surface area contributed by atoms with E-state index in [1.165, 1.54) is 0 Å². The van der Waals surface area contributed by atoms with Gasteiger partial charge in [-0.2, -0.15) is 0 Å². The summed E-state index contributed by atoms with van der Waals surface area (Å²) in [5.41, 5.74) is 0.998. The maximum atomic E-state index is 12.8. The van der Waals surface area contributed by atoms with Gasteiger partial charge in [0.2, 0.25) is 5.91 Å². The van der Waals surface area contributed by atoms with Gasteiger partial charge in [-0.15, -0.1) is 0 Å². The smallest absolute Gasteiger partial charge is 0.243 e. The monoisotopic (exact) mass is 347 g/mol. The molecule has 0 N–H and O–H groups in total. The standard InChI is InChI=1S/C17H21N3O3S/c1-14-18-8-9-19(14)12-17(21)20(11-15-5-3-2-4-6-15)16-7-10-24(22,23)13-16/h2-6,8-9,16H,7,10-13H2,1H3. The Labute approximate surface area is 142 Å². The van der Waals surface area contributed by atoms with Crippen LogP contribution in [0.3, 0.4) is 0 Å². The van der Waals surface area contributed by atoms with Crippen LogP contribution in [0.4, 0.5) is 0 Å². The van der Waals surface area contributed by atoms with Crippen LogP contribution in [0.25, 0.3) is 0 Å². The molecule has 1 saturated heterocycles. The molecule has 1 aromatic heterocycles. The Bertz CT molecular complexity index is 815. The maximum Gasteiger partial charge on any atom is 0.243 e. The van der Waals surface area contributed by atoms with Crippen LogP contribution < -0.4 is 0 Å². The molecule has 2 heterocycles. The van der Waals surface area contributed by atoms with E-state index in [1.54, 1.807) is 21.9 Å². The third-order valence-corrected chi connectivity index (χ3v) is 6.14. The fourth-order valence-corrected chi connectivity index (χ4v) is 4.76. The average molecular weight is 347 g/mol. The molecule has 0 bridgehead atoms.